The number of hydrogen-bond acceptors (Lipinski definition) is 10. The van der Waals surface area contributed by atoms with Crippen molar-refractivity contribution in [2.45, 2.75) is 24.5 Å². The minimum absolute atomic E-state index is 0. The zero-order chi connectivity index (χ0) is 19.0. The average Bonchev–Trinajstić information content (AvgIpc) is 2.71. The molecular formula is C9H15N3Na3O11P2+3. The molecule has 2 heterocycles. The Morgan fingerprint density at radius 2 is 1.75 bits per heavy atom. The van der Waals surface area contributed by atoms with Gasteiger partial charge in [0, 0.05) is 6.20 Å². The molecule has 1 aliphatic heterocycles. The molecule has 0 spiro atoms. The van der Waals surface area contributed by atoms with Gasteiger partial charge in [-0.3, -0.25) is 9.09 Å². The summed E-state index contributed by atoms with van der Waals surface area (Å²) < 4.78 is 35.8. The van der Waals surface area contributed by atoms with Crippen molar-refractivity contribution in [1.82, 2.24) is 9.55 Å². The Bertz CT molecular complexity index is 792. The van der Waals surface area contributed by atoms with E-state index in [0.29, 0.717) is 0 Å². The Labute approximate surface area is 224 Å². The predicted molar refractivity (Wildman–Crippen MR) is 77.7 cm³/mol. The van der Waals surface area contributed by atoms with Crippen LogP contribution in [-0.4, -0.2) is 59.4 Å². The molecule has 2 rings (SSSR count). The molecule has 0 aliphatic carbocycles. The third-order valence-electron chi connectivity index (χ3n) is 3.07. The maximum absolute atomic E-state index is 11.7. The third kappa shape index (κ3) is 9.13. The number of anilines is 1. The van der Waals surface area contributed by atoms with Crippen LogP contribution in [0.1, 0.15) is 6.23 Å². The number of phosphoric acid groups is 2. The van der Waals surface area contributed by atoms with Crippen molar-refractivity contribution in [1.29, 1.82) is 0 Å². The second kappa shape index (κ2) is 12.8. The van der Waals surface area contributed by atoms with Crippen LogP contribution < -0.4 is 100 Å². The Morgan fingerprint density at radius 1 is 1.18 bits per heavy atom. The van der Waals surface area contributed by atoms with Gasteiger partial charge in [0.05, 0.1) is 6.61 Å². The van der Waals surface area contributed by atoms with Crippen molar-refractivity contribution in [2.24, 2.45) is 0 Å². The quantitative estimate of drug-likeness (QED) is 0.167. The van der Waals surface area contributed by atoms with E-state index in [2.05, 4.69) is 13.8 Å². The first-order valence-electron chi connectivity index (χ1n) is 6.50. The van der Waals surface area contributed by atoms with Gasteiger partial charge in [-0.15, -0.1) is 0 Å². The molecule has 1 unspecified atom stereocenters. The third-order valence-corrected chi connectivity index (χ3v) is 5.23. The standard InChI is InChI=1S/C9H15N3O11P2.3Na/c10-5-1-2-12(9(15)11-5)8-7(14)6(13)4(22-8)3-21-25(19,20)23-24(16,17)18;;;/h1-2,4,6-8,13-14H,3H2,(H,19,20)(H2,10,11,15)(H2,16,17,18);;;/q;3*+1/t4-,6-,7-,8-;;;/m1.../s1. The largest absolute Gasteiger partial charge is 1.00 e. The molecule has 0 bridgehead atoms. The maximum Gasteiger partial charge on any atom is 1.00 e. The fraction of sp³-hybridized carbons (Fsp3) is 0.556. The summed E-state index contributed by atoms with van der Waals surface area (Å²) >= 11 is 0. The van der Waals surface area contributed by atoms with Gasteiger partial charge < -0.3 is 35.4 Å². The van der Waals surface area contributed by atoms with Gasteiger partial charge in [-0.2, -0.15) is 9.29 Å². The van der Waals surface area contributed by atoms with Crippen LogP contribution >= 0.6 is 15.6 Å². The number of nitrogen functional groups attached to an aromatic ring is 1. The van der Waals surface area contributed by atoms with E-state index in [-0.39, 0.29) is 94.5 Å². The Hall–Kier alpha value is 1.82. The van der Waals surface area contributed by atoms with Gasteiger partial charge >= 0.3 is 110 Å². The molecule has 0 aromatic carbocycles. The number of aliphatic hydroxyl groups is 2. The van der Waals surface area contributed by atoms with Crippen LogP contribution in [0, 0.1) is 0 Å². The predicted octanol–water partition coefficient (Wildman–Crippen LogP) is -11.3. The monoisotopic (exact) mass is 472 g/mol. The molecule has 1 aromatic heterocycles. The Balaban J connectivity index is 0. The molecule has 1 fully saturated rings. The minimum atomic E-state index is -5.30. The average molecular weight is 472 g/mol. The molecular weight excluding hydrogens is 457 g/mol. The molecule has 1 saturated heterocycles. The van der Waals surface area contributed by atoms with Crippen molar-refractivity contribution in [3.8, 4) is 0 Å². The summed E-state index contributed by atoms with van der Waals surface area (Å²) in [6, 6.07) is 1.24. The van der Waals surface area contributed by atoms with E-state index in [1.807, 2.05) is 0 Å². The van der Waals surface area contributed by atoms with Crippen LogP contribution in [0.15, 0.2) is 17.1 Å². The van der Waals surface area contributed by atoms with Crippen LogP contribution in [-0.2, 0) is 22.7 Å². The van der Waals surface area contributed by atoms with Gasteiger partial charge in [0.2, 0.25) is 0 Å². The summed E-state index contributed by atoms with van der Waals surface area (Å²) in [6.07, 6.45) is -4.93. The fourth-order valence-electron chi connectivity index (χ4n) is 2.04. The molecule has 0 radical (unpaired) electrons. The number of nitrogens with two attached hydrogens (primary N) is 1. The van der Waals surface area contributed by atoms with E-state index in [1.54, 1.807) is 0 Å². The SMILES string of the molecule is Nc1ccn([C@@H]2O[C@H](COP(=O)(O)OP(=O)(O)O)[C@@H](O)[C@H]2O)c(=O)n1.[Na+].[Na+].[Na+]. The zero-order valence-corrected chi connectivity index (χ0v) is 23.0. The molecule has 5 atom stereocenters. The number of aromatic nitrogens is 2. The van der Waals surface area contributed by atoms with E-state index in [1.165, 1.54) is 6.07 Å². The van der Waals surface area contributed by atoms with Gasteiger partial charge in [-0.1, -0.05) is 0 Å². The van der Waals surface area contributed by atoms with Gasteiger partial charge in [-0.25, -0.2) is 13.9 Å². The van der Waals surface area contributed by atoms with Crippen LogP contribution in [0.2, 0.25) is 0 Å². The molecule has 1 aliphatic rings. The summed E-state index contributed by atoms with van der Waals surface area (Å²) in [5.41, 5.74) is 4.45. The summed E-state index contributed by atoms with van der Waals surface area (Å²) in [5.74, 6) is -0.0787. The van der Waals surface area contributed by atoms with Gasteiger partial charge in [0.15, 0.2) is 6.23 Å². The van der Waals surface area contributed by atoms with Crippen LogP contribution in [0.5, 0.6) is 0 Å². The first kappa shape index (κ1) is 32.0. The first-order chi connectivity index (χ1) is 11.4. The summed E-state index contributed by atoms with van der Waals surface area (Å²) in [4.78, 5) is 41.3. The summed E-state index contributed by atoms with van der Waals surface area (Å²) in [5, 5.41) is 19.8. The van der Waals surface area contributed by atoms with Gasteiger partial charge in [0.1, 0.15) is 24.1 Å². The van der Waals surface area contributed by atoms with Crippen molar-refractivity contribution < 1.29 is 136 Å². The van der Waals surface area contributed by atoms with Crippen molar-refractivity contribution in [2.75, 3.05) is 12.3 Å². The second-order valence-electron chi connectivity index (χ2n) is 4.93. The summed E-state index contributed by atoms with van der Waals surface area (Å²) in [7, 11) is -10.5. The molecule has 7 N–H and O–H groups in total. The van der Waals surface area contributed by atoms with Crippen molar-refractivity contribution in [3.05, 3.63) is 22.7 Å². The van der Waals surface area contributed by atoms with Crippen LogP contribution in [0.3, 0.4) is 0 Å². The van der Waals surface area contributed by atoms with E-state index >= 15 is 0 Å². The second-order valence-corrected chi connectivity index (χ2v) is 7.75. The smallest absolute Gasteiger partial charge is 0.387 e. The first-order valence-corrected chi connectivity index (χ1v) is 9.53. The number of ether oxygens (including phenoxy) is 1. The van der Waals surface area contributed by atoms with E-state index in [0.717, 1.165) is 10.8 Å². The zero-order valence-electron chi connectivity index (χ0n) is 15.2. The van der Waals surface area contributed by atoms with E-state index in [4.69, 9.17) is 25.2 Å². The van der Waals surface area contributed by atoms with Crippen LogP contribution in [0.25, 0.3) is 0 Å². The maximum atomic E-state index is 11.7. The molecule has 14 nitrogen and oxygen atoms in total. The van der Waals surface area contributed by atoms with Crippen molar-refractivity contribution >= 4 is 21.5 Å². The molecule has 1 aromatic rings. The van der Waals surface area contributed by atoms with E-state index < -0.39 is 52.5 Å². The van der Waals surface area contributed by atoms with Gasteiger partial charge in [-0.05, 0) is 6.07 Å². The fourth-order valence-corrected chi connectivity index (χ4v) is 3.64. The Kier molecular flexibility index (Phi) is 14.6. The van der Waals surface area contributed by atoms with Gasteiger partial charge in [0.25, 0.3) is 0 Å². The number of hydrogen-bond donors (Lipinski definition) is 6. The molecule has 28 heavy (non-hydrogen) atoms. The molecule has 19 heteroatoms. The normalized spacial score (nSPS) is 26.3. The molecule has 142 valence electrons. The number of nitrogens with zero attached hydrogens (tertiary/aromatic N) is 2. The van der Waals surface area contributed by atoms with Crippen molar-refractivity contribution in [3.63, 3.8) is 0 Å². The number of aliphatic hydroxyl groups excluding tert-OH is 2. The summed E-state index contributed by atoms with van der Waals surface area (Å²) in [6.45, 7) is -0.875. The Morgan fingerprint density at radius 3 is 2.25 bits per heavy atom. The number of phosphoric ester groups is 1. The van der Waals surface area contributed by atoms with E-state index in [9.17, 15) is 24.1 Å². The van der Waals surface area contributed by atoms with Crippen LogP contribution in [0.4, 0.5) is 5.82 Å². The molecule has 0 amide bonds. The number of rotatable bonds is 6. The molecule has 0 saturated carbocycles. The minimum Gasteiger partial charge on any atom is -0.387 e. The topological polar surface area (TPSA) is 224 Å².